The van der Waals surface area contributed by atoms with E-state index in [9.17, 15) is 0 Å². The maximum absolute atomic E-state index is 6.73. The summed E-state index contributed by atoms with van der Waals surface area (Å²) in [4.78, 5) is 22.0. The van der Waals surface area contributed by atoms with Gasteiger partial charge in [-0.15, -0.1) is 0 Å². The number of ether oxygens (including phenoxy) is 1. The van der Waals surface area contributed by atoms with E-state index in [0.29, 0.717) is 24.7 Å². The fourth-order valence-corrected chi connectivity index (χ4v) is 6.23. The molecule has 2 atom stereocenters. The van der Waals surface area contributed by atoms with Crippen LogP contribution in [0.25, 0.3) is 16.7 Å². The molecule has 10 heteroatoms. The van der Waals surface area contributed by atoms with E-state index in [1.807, 2.05) is 33.3 Å². The molecule has 1 fully saturated rings. The lowest BCUT2D eigenvalue weighted by atomic mass is 9.94. The van der Waals surface area contributed by atoms with Crippen LogP contribution in [0.4, 0.5) is 5.95 Å². The van der Waals surface area contributed by atoms with Crippen LogP contribution in [0.5, 0.6) is 0 Å². The molecule has 0 aromatic carbocycles. The van der Waals surface area contributed by atoms with Crippen molar-refractivity contribution in [3.8, 4) is 0 Å². The van der Waals surface area contributed by atoms with Gasteiger partial charge in [-0.05, 0) is 56.8 Å². The normalized spacial score (nSPS) is 21.2. The number of anilines is 1. The first-order valence-electron chi connectivity index (χ1n) is 13.7. The Morgan fingerprint density at radius 1 is 1.08 bits per heavy atom. The topological polar surface area (TPSA) is 91.1 Å². The van der Waals surface area contributed by atoms with Crippen molar-refractivity contribution in [3.05, 3.63) is 41.1 Å². The molecule has 0 radical (unpaired) electrons. The summed E-state index contributed by atoms with van der Waals surface area (Å²) in [5.74, 6) is 0.683. The SMILES string of the molecule is Cc1nc2nc(N3CCO[C@@H](c4cnn(C)c4)C3)nc(C3=CCC(O[Si](C)(C)C(C)(C)C)CC3)c2nc1C. The van der Waals surface area contributed by atoms with E-state index in [1.54, 1.807) is 4.68 Å². The van der Waals surface area contributed by atoms with Gasteiger partial charge in [-0.2, -0.15) is 10.1 Å². The Balaban J connectivity index is 1.46. The number of fused-ring (bicyclic) bond motifs is 1. The number of nitrogens with zero attached hydrogens (tertiary/aromatic N) is 7. The van der Waals surface area contributed by atoms with Gasteiger partial charge >= 0.3 is 0 Å². The van der Waals surface area contributed by atoms with Gasteiger partial charge in [0.1, 0.15) is 11.6 Å². The predicted molar refractivity (Wildman–Crippen MR) is 153 cm³/mol. The molecule has 1 aliphatic heterocycles. The molecule has 3 aromatic heterocycles. The van der Waals surface area contributed by atoms with Gasteiger partial charge in [0.2, 0.25) is 5.95 Å². The number of hydrogen-bond donors (Lipinski definition) is 0. The van der Waals surface area contributed by atoms with Crippen molar-refractivity contribution < 1.29 is 9.16 Å². The molecule has 0 N–H and O–H groups in total. The highest BCUT2D eigenvalue weighted by molar-refractivity contribution is 6.74. The van der Waals surface area contributed by atoms with Crippen molar-refractivity contribution in [3.63, 3.8) is 0 Å². The van der Waals surface area contributed by atoms with Crippen LogP contribution >= 0.6 is 0 Å². The molecule has 5 rings (SSSR count). The standard InChI is InChI=1S/C28H41N7O2Si/c1-18-19(2)31-26-25(30-18)24(20-9-11-22(12-10-20)37-38(7,8)28(3,4)5)32-27(33-26)35-13-14-36-23(17-35)21-15-29-34(6)16-21/h9,15-16,22-23H,10-14,17H2,1-8H3/t22?,23-/m1/s1. The summed E-state index contributed by atoms with van der Waals surface area (Å²) >= 11 is 0. The largest absolute Gasteiger partial charge is 0.414 e. The Bertz CT molecular complexity index is 1360. The summed E-state index contributed by atoms with van der Waals surface area (Å²) in [5, 5.41) is 4.52. The average molecular weight is 536 g/mol. The van der Waals surface area contributed by atoms with E-state index in [0.717, 1.165) is 54.0 Å². The number of hydrogen-bond acceptors (Lipinski definition) is 8. The lowest BCUT2D eigenvalue weighted by Gasteiger charge is -2.40. The van der Waals surface area contributed by atoms with Crippen LogP contribution in [0.1, 0.15) is 68.8 Å². The van der Waals surface area contributed by atoms with Gasteiger partial charge in [0, 0.05) is 31.5 Å². The van der Waals surface area contributed by atoms with Crippen LogP contribution in [0.2, 0.25) is 18.1 Å². The second-order valence-corrected chi connectivity index (χ2v) is 17.0. The minimum atomic E-state index is -1.82. The Morgan fingerprint density at radius 3 is 2.50 bits per heavy atom. The first kappa shape index (κ1) is 26.9. The molecule has 1 aliphatic carbocycles. The van der Waals surface area contributed by atoms with Crippen molar-refractivity contribution in [1.82, 2.24) is 29.7 Å². The highest BCUT2D eigenvalue weighted by Crippen LogP contribution is 2.40. The van der Waals surface area contributed by atoms with Crippen molar-refractivity contribution in [2.45, 2.75) is 84.2 Å². The highest BCUT2D eigenvalue weighted by atomic mass is 28.4. The van der Waals surface area contributed by atoms with Crippen LogP contribution in [0.15, 0.2) is 18.5 Å². The molecule has 0 saturated carbocycles. The summed E-state index contributed by atoms with van der Waals surface area (Å²) in [6, 6.07) is 0. The van der Waals surface area contributed by atoms with E-state index in [2.05, 4.69) is 49.9 Å². The molecule has 1 unspecified atom stereocenters. The number of rotatable bonds is 5. The molecule has 9 nitrogen and oxygen atoms in total. The Hall–Kier alpha value is -2.69. The first-order chi connectivity index (χ1) is 17.9. The smallest absolute Gasteiger partial charge is 0.228 e. The van der Waals surface area contributed by atoms with Crippen molar-refractivity contribution in [1.29, 1.82) is 0 Å². The molecule has 0 bridgehead atoms. The minimum absolute atomic E-state index is 0.0758. The number of morpholine rings is 1. The summed E-state index contributed by atoms with van der Waals surface area (Å²) in [7, 11) is 0.105. The first-order valence-corrected chi connectivity index (χ1v) is 16.6. The van der Waals surface area contributed by atoms with Crippen LogP contribution in [0.3, 0.4) is 0 Å². The Kier molecular flexibility index (Phi) is 7.17. The fraction of sp³-hybridized carbons (Fsp3) is 0.607. The zero-order valence-corrected chi connectivity index (χ0v) is 25.1. The van der Waals surface area contributed by atoms with Gasteiger partial charge in [-0.25, -0.2) is 15.0 Å². The zero-order chi connectivity index (χ0) is 27.2. The lowest BCUT2D eigenvalue weighted by Crippen LogP contribution is -2.44. The van der Waals surface area contributed by atoms with E-state index >= 15 is 0 Å². The molecule has 2 aliphatic rings. The molecule has 204 valence electrons. The van der Waals surface area contributed by atoms with E-state index in [4.69, 9.17) is 29.1 Å². The third-order valence-electron chi connectivity index (χ3n) is 8.31. The van der Waals surface area contributed by atoms with Gasteiger partial charge in [0.05, 0.1) is 36.4 Å². The van der Waals surface area contributed by atoms with Crippen molar-refractivity contribution >= 4 is 31.0 Å². The van der Waals surface area contributed by atoms with Crippen LogP contribution < -0.4 is 4.90 Å². The predicted octanol–water partition coefficient (Wildman–Crippen LogP) is 5.31. The Morgan fingerprint density at radius 2 is 1.84 bits per heavy atom. The second kappa shape index (κ2) is 10.1. The third-order valence-corrected chi connectivity index (χ3v) is 12.8. The molecule has 0 amide bonds. The van der Waals surface area contributed by atoms with Crippen LogP contribution in [-0.2, 0) is 16.2 Å². The van der Waals surface area contributed by atoms with Crippen molar-refractivity contribution in [2.75, 3.05) is 24.6 Å². The zero-order valence-electron chi connectivity index (χ0n) is 24.1. The third kappa shape index (κ3) is 5.39. The van der Waals surface area contributed by atoms with Gasteiger partial charge < -0.3 is 14.1 Å². The quantitative estimate of drug-likeness (QED) is 0.406. The average Bonchev–Trinajstić information content (AvgIpc) is 3.30. The summed E-state index contributed by atoms with van der Waals surface area (Å²) in [6.07, 6.45) is 9.14. The van der Waals surface area contributed by atoms with Gasteiger partial charge in [-0.1, -0.05) is 26.8 Å². The molecule has 1 saturated heterocycles. The molecule has 4 heterocycles. The number of aromatic nitrogens is 6. The van der Waals surface area contributed by atoms with Gasteiger partial charge in [-0.3, -0.25) is 4.68 Å². The Labute approximate surface area is 226 Å². The summed E-state index contributed by atoms with van der Waals surface area (Å²) in [5.41, 5.74) is 6.41. The fourth-order valence-electron chi connectivity index (χ4n) is 4.83. The maximum atomic E-state index is 6.73. The lowest BCUT2D eigenvalue weighted by molar-refractivity contribution is 0.0392. The number of aryl methyl sites for hydroxylation is 3. The van der Waals surface area contributed by atoms with Gasteiger partial charge in [0.25, 0.3) is 0 Å². The molecular formula is C28H41N7O2Si. The van der Waals surface area contributed by atoms with Crippen LogP contribution in [0, 0.1) is 13.8 Å². The maximum Gasteiger partial charge on any atom is 0.228 e. The van der Waals surface area contributed by atoms with Gasteiger partial charge in [0.15, 0.2) is 14.0 Å². The number of allylic oxidation sites excluding steroid dienone is 1. The van der Waals surface area contributed by atoms with E-state index < -0.39 is 8.32 Å². The molecular weight excluding hydrogens is 494 g/mol. The molecule has 3 aromatic rings. The highest BCUT2D eigenvalue weighted by Gasteiger charge is 2.39. The second-order valence-electron chi connectivity index (χ2n) is 12.2. The summed E-state index contributed by atoms with van der Waals surface area (Å²) < 4.78 is 14.6. The van der Waals surface area contributed by atoms with Crippen LogP contribution in [-0.4, -0.2) is 63.8 Å². The monoisotopic (exact) mass is 535 g/mol. The van der Waals surface area contributed by atoms with E-state index in [1.165, 1.54) is 5.57 Å². The molecule has 0 spiro atoms. The molecule has 38 heavy (non-hydrogen) atoms. The minimum Gasteiger partial charge on any atom is -0.414 e. The van der Waals surface area contributed by atoms with E-state index in [-0.39, 0.29) is 17.2 Å². The summed E-state index contributed by atoms with van der Waals surface area (Å²) in [6.45, 7) is 17.5. The van der Waals surface area contributed by atoms with Crippen molar-refractivity contribution in [2.24, 2.45) is 7.05 Å².